The van der Waals surface area contributed by atoms with Crippen LogP contribution in [-0.4, -0.2) is 62.5 Å². The minimum atomic E-state index is -7.76. The van der Waals surface area contributed by atoms with Gasteiger partial charge >= 0.3 is 60.5 Å². The van der Waals surface area contributed by atoms with Crippen LogP contribution >= 0.6 is 0 Å². The van der Waals surface area contributed by atoms with Crippen molar-refractivity contribution in [3.63, 3.8) is 0 Å². The van der Waals surface area contributed by atoms with Gasteiger partial charge in [-0.3, -0.25) is 14.3 Å². The first-order valence-electron chi connectivity index (χ1n) is 10.7. The monoisotopic (exact) mass is 739 g/mol. The summed E-state index contributed by atoms with van der Waals surface area (Å²) in [5, 5.41) is 0.766. The third-order valence-corrected chi connectivity index (χ3v) is 5.21. The first kappa shape index (κ1) is 41.9. The topological polar surface area (TPSA) is 47.6 Å². The maximum atomic E-state index is 15.4. The molecule has 27 heteroatoms. The Morgan fingerprint density at radius 3 is 1.26 bits per heavy atom. The summed E-state index contributed by atoms with van der Waals surface area (Å²) in [7, 11) is 4.78. The Morgan fingerprint density at radius 2 is 0.957 bits per heavy atom. The molecule has 2 atom stereocenters. The zero-order valence-corrected chi connectivity index (χ0v) is 21.5. The van der Waals surface area contributed by atoms with Crippen molar-refractivity contribution in [2.24, 2.45) is 0 Å². The third kappa shape index (κ3) is 7.33. The second-order valence-corrected chi connectivity index (χ2v) is 8.79. The summed E-state index contributed by atoms with van der Waals surface area (Å²) in [5.41, 5.74) is -13.0. The largest absolute Gasteiger partial charge is 0.462 e. The van der Waals surface area contributed by atoms with Crippen molar-refractivity contribution in [3.8, 4) is 0 Å². The molecule has 0 fully saturated rings. The van der Waals surface area contributed by atoms with Crippen molar-refractivity contribution in [2.75, 3.05) is 5.32 Å². The number of carbonyl (C=O) groups excluding carboxylic acids is 1. The van der Waals surface area contributed by atoms with Crippen molar-refractivity contribution in [1.29, 1.82) is 0 Å². The molecule has 0 spiro atoms. The lowest BCUT2D eigenvalue weighted by Crippen LogP contribution is -2.59. The van der Waals surface area contributed by atoms with Crippen LogP contribution in [0.15, 0.2) is 24.3 Å². The zero-order chi connectivity index (χ0) is 38.0. The molecule has 1 aromatic carbocycles. The average molecular weight is 739 g/mol. The van der Waals surface area contributed by atoms with Gasteiger partial charge in [0.2, 0.25) is 0 Å². The van der Waals surface area contributed by atoms with Crippen molar-refractivity contribution < 1.29 is 111 Å². The molecule has 0 aromatic heterocycles. The minimum Gasteiger partial charge on any atom is -0.322 e. The highest BCUT2D eigenvalue weighted by molar-refractivity contribution is 6.34. The van der Waals surface area contributed by atoms with E-state index in [9.17, 15) is 92.6 Å². The van der Waals surface area contributed by atoms with E-state index >= 15 is 8.78 Å². The van der Waals surface area contributed by atoms with E-state index in [1.807, 2.05) is 0 Å². The maximum absolute atomic E-state index is 15.4. The standard InChI is InChI=1S/C20H8BF22NO3/c1-5(2)10(45)44-8-4-6(11(22,15(28,29)30)46-19(40,41)13(24,25)17(34,35)36)3-7(21)9(8)12(23,16(31,32)33)47-20(42,43)14(26,27)18(37,38)39/h3-4H,1H2,2H3,(H,44,45). The summed E-state index contributed by atoms with van der Waals surface area (Å²) in [6, 6.07) is -2.59. The zero-order valence-electron chi connectivity index (χ0n) is 21.5. The van der Waals surface area contributed by atoms with Gasteiger partial charge in [-0.25, -0.2) is 0 Å². The van der Waals surface area contributed by atoms with Crippen LogP contribution in [-0.2, 0) is 26.0 Å². The lowest BCUT2D eigenvalue weighted by molar-refractivity contribution is -0.488. The molecule has 4 nitrogen and oxygen atoms in total. The molecule has 0 aliphatic carbocycles. The molecular weight excluding hydrogens is 731 g/mol. The SMILES string of the molecule is [B]c1cc(C(F)(OC(F)(F)C(F)(F)C(F)(F)F)C(F)(F)F)cc(NC(=O)C(=C)C)c1C(F)(OC(F)(F)C(F)(F)C(F)(F)F)C(F)(F)F. The van der Waals surface area contributed by atoms with E-state index in [1.54, 1.807) is 0 Å². The number of hydrogen-bond acceptors (Lipinski definition) is 3. The van der Waals surface area contributed by atoms with Gasteiger partial charge < -0.3 is 5.32 Å². The Bertz CT molecular complexity index is 1360. The molecule has 2 radical (unpaired) electrons. The van der Waals surface area contributed by atoms with Crippen LogP contribution in [0.5, 0.6) is 0 Å². The van der Waals surface area contributed by atoms with E-state index < -0.39 is 106 Å². The van der Waals surface area contributed by atoms with Crippen LogP contribution in [0.4, 0.5) is 102 Å². The Morgan fingerprint density at radius 1 is 0.617 bits per heavy atom. The van der Waals surface area contributed by atoms with Crippen LogP contribution in [0.25, 0.3) is 0 Å². The molecule has 0 aliphatic heterocycles. The molecule has 47 heavy (non-hydrogen) atoms. The number of alkyl halides is 22. The number of nitrogens with one attached hydrogen (secondary N) is 1. The van der Waals surface area contributed by atoms with Crippen LogP contribution in [0.2, 0.25) is 0 Å². The molecule has 0 saturated carbocycles. The molecule has 0 heterocycles. The number of carbonyl (C=O) groups is 1. The van der Waals surface area contributed by atoms with Crippen molar-refractivity contribution in [2.45, 2.75) is 67.4 Å². The van der Waals surface area contributed by atoms with Crippen LogP contribution < -0.4 is 10.8 Å². The van der Waals surface area contributed by atoms with Gasteiger partial charge in [0.25, 0.3) is 5.91 Å². The first-order valence-corrected chi connectivity index (χ1v) is 10.7. The molecular formula is C20H8BF22NO3. The number of ether oxygens (including phenoxy) is 2. The van der Waals surface area contributed by atoms with Gasteiger partial charge in [-0.2, -0.15) is 96.6 Å². The molecule has 0 aliphatic rings. The molecule has 1 amide bonds. The number of hydrogen-bond donors (Lipinski definition) is 1. The van der Waals surface area contributed by atoms with E-state index in [0.717, 1.165) is 5.32 Å². The second kappa shape index (κ2) is 11.8. The average Bonchev–Trinajstić information content (AvgIpc) is 2.79. The van der Waals surface area contributed by atoms with E-state index in [4.69, 9.17) is 7.85 Å². The van der Waals surface area contributed by atoms with Crippen LogP contribution in [0.3, 0.4) is 0 Å². The lowest BCUT2D eigenvalue weighted by Gasteiger charge is -2.38. The first-order chi connectivity index (χ1) is 20.3. The third-order valence-electron chi connectivity index (χ3n) is 5.21. The number of anilines is 1. The lowest BCUT2D eigenvalue weighted by atomic mass is 9.82. The van der Waals surface area contributed by atoms with E-state index in [0.29, 0.717) is 6.92 Å². The highest BCUT2D eigenvalue weighted by atomic mass is 19.4. The van der Waals surface area contributed by atoms with Gasteiger partial charge in [0.05, 0.1) is 5.69 Å². The van der Waals surface area contributed by atoms with Crippen molar-refractivity contribution >= 4 is 24.9 Å². The normalized spacial score (nSPS) is 17.2. The van der Waals surface area contributed by atoms with Crippen molar-refractivity contribution in [3.05, 3.63) is 35.4 Å². The molecule has 0 saturated heterocycles. The number of halogens is 22. The Labute approximate surface area is 245 Å². The molecule has 2 unspecified atom stereocenters. The summed E-state index contributed by atoms with van der Waals surface area (Å²) >= 11 is 0. The second-order valence-electron chi connectivity index (χ2n) is 8.79. The van der Waals surface area contributed by atoms with Crippen LogP contribution in [0.1, 0.15) is 18.1 Å². The summed E-state index contributed by atoms with van der Waals surface area (Å²) in [4.78, 5) is 12.0. The van der Waals surface area contributed by atoms with E-state index in [1.165, 1.54) is 0 Å². The number of amides is 1. The molecule has 268 valence electrons. The predicted molar refractivity (Wildman–Crippen MR) is 107 cm³/mol. The highest BCUT2D eigenvalue weighted by Crippen LogP contribution is 2.57. The molecule has 1 aromatic rings. The van der Waals surface area contributed by atoms with Gasteiger partial charge in [-0.05, 0) is 13.0 Å². The minimum absolute atomic E-state index is 0.515. The smallest absolute Gasteiger partial charge is 0.322 e. The summed E-state index contributed by atoms with van der Waals surface area (Å²) in [5.74, 6) is -31.4. The fraction of sp³-hybridized carbons (Fsp3) is 0.550. The fourth-order valence-corrected chi connectivity index (χ4v) is 2.88. The van der Waals surface area contributed by atoms with E-state index in [2.05, 4.69) is 16.1 Å². The fourth-order valence-electron chi connectivity index (χ4n) is 2.88. The number of benzene rings is 1. The van der Waals surface area contributed by atoms with Crippen molar-refractivity contribution in [1.82, 2.24) is 0 Å². The summed E-state index contributed by atoms with van der Waals surface area (Å²) in [6.07, 6.45) is -45.2. The maximum Gasteiger partial charge on any atom is 0.462 e. The summed E-state index contributed by atoms with van der Waals surface area (Å²) < 4.78 is 299. The van der Waals surface area contributed by atoms with Crippen LogP contribution in [0, 0.1) is 0 Å². The van der Waals surface area contributed by atoms with Gasteiger partial charge in [0, 0.05) is 16.7 Å². The molecule has 0 bridgehead atoms. The Kier molecular flexibility index (Phi) is 10.5. The van der Waals surface area contributed by atoms with Gasteiger partial charge in [-0.15, -0.1) is 0 Å². The molecule has 1 N–H and O–H groups in total. The van der Waals surface area contributed by atoms with Gasteiger partial charge in [0.15, 0.2) is 0 Å². The van der Waals surface area contributed by atoms with E-state index in [-0.39, 0.29) is 0 Å². The van der Waals surface area contributed by atoms with Gasteiger partial charge in [-0.1, -0.05) is 18.1 Å². The highest BCUT2D eigenvalue weighted by Gasteiger charge is 2.80. The predicted octanol–water partition coefficient (Wildman–Crippen LogP) is 7.98. The number of rotatable bonds is 10. The quantitative estimate of drug-likeness (QED) is 0.151. The Balaban J connectivity index is 4.34. The van der Waals surface area contributed by atoms with Gasteiger partial charge in [0.1, 0.15) is 7.85 Å². The Hall–Kier alpha value is -3.13. The summed E-state index contributed by atoms with van der Waals surface area (Å²) in [6.45, 7) is 3.25. The molecule has 1 rings (SSSR count).